The topological polar surface area (TPSA) is 52.6 Å². The van der Waals surface area contributed by atoms with Gasteiger partial charge in [0.05, 0.1) is 16.7 Å². The van der Waals surface area contributed by atoms with Crippen LogP contribution in [-0.4, -0.2) is 18.2 Å². The zero-order chi connectivity index (χ0) is 22.0. The Hall–Kier alpha value is -2.89. The quantitative estimate of drug-likeness (QED) is 0.286. The average Bonchev–Trinajstić information content (AvgIpc) is 3.00. The van der Waals surface area contributed by atoms with Crippen molar-refractivity contribution in [1.29, 1.82) is 0 Å². The predicted octanol–water partition coefficient (Wildman–Crippen LogP) is 6.54. The molecule has 0 spiro atoms. The molecule has 0 saturated carbocycles. The number of hydrogen-bond donors (Lipinski definition) is 0. The van der Waals surface area contributed by atoms with E-state index in [1.807, 2.05) is 31.2 Å². The van der Waals surface area contributed by atoms with Gasteiger partial charge in [-0.3, -0.25) is 9.59 Å². The molecule has 0 amide bonds. The number of Topliss-reactive ketones (excluding diaryl/α,β-unsaturated/α-hetero) is 2. The monoisotopic (exact) mass is 496 g/mol. The van der Waals surface area contributed by atoms with Crippen molar-refractivity contribution < 1.29 is 19.1 Å². The fraction of sp³-hybridized carbons (Fsp3) is 0.120. The van der Waals surface area contributed by atoms with Gasteiger partial charge < -0.3 is 9.47 Å². The Morgan fingerprint density at radius 2 is 1.58 bits per heavy atom. The summed E-state index contributed by atoms with van der Waals surface area (Å²) >= 11 is 9.75. The van der Waals surface area contributed by atoms with Gasteiger partial charge in [-0.15, -0.1) is 0 Å². The summed E-state index contributed by atoms with van der Waals surface area (Å²) in [6.45, 7) is 2.57. The summed E-state index contributed by atoms with van der Waals surface area (Å²) < 4.78 is 12.4. The molecule has 0 N–H and O–H groups in total. The first-order chi connectivity index (χ1) is 15.0. The highest BCUT2D eigenvalue weighted by atomic mass is 79.9. The first-order valence-electron chi connectivity index (χ1n) is 9.72. The number of rotatable bonds is 6. The zero-order valence-corrected chi connectivity index (χ0v) is 19.0. The first-order valence-corrected chi connectivity index (χ1v) is 10.9. The van der Waals surface area contributed by atoms with Crippen molar-refractivity contribution >= 4 is 45.2 Å². The standard InChI is InChI=1S/C25H18BrClO4/c1-2-30-22-13-15(11-19-23(28)17-8-4-5-9-18(17)24(19)29)12-20(26)25(22)31-14-16-7-3-6-10-21(16)27/h3-13H,2,14H2,1H3. The van der Waals surface area contributed by atoms with Crippen molar-refractivity contribution in [3.8, 4) is 11.5 Å². The first kappa shape index (κ1) is 21.3. The highest BCUT2D eigenvalue weighted by molar-refractivity contribution is 9.10. The van der Waals surface area contributed by atoms with Gasteiger partial charge in [-0.25, -0.2) is 0 Å². The number of halogens is 2. The van der Waals surface area contributed by atoms with Crippen molar-refractivity contribution in [3.63, 3.8) is 0 Å². The van der Waals surface area contributed by atoms with Gasteiger partial charge in [0.2, 0.25) is 0 Å². The SMILES string of the molecule is CCOc1cc(C=C2C(=O)c3ccccc3C2=O)cc(Br)c1OCc1ccccc1Cl. The third-order valence-corrected chi connectivity index (χ3v) is 5.84. The van der Waals surface area contributed by atoms with Crippen LogP contribution in [0.3, 0.4) is 0 Å². The molecule has 156 valence electrons. The number of ketones is 2. The van der Waals surface area contributed by atoms with Crippen LogP contribution in [-0.2, 0) is 6.61 Å². The van der Waals surface area contributed by atoms with E-state index in [9.17, 15) is 9.59 Å². The van der Waals surface area contributed by atoms with Gasteiger partial charge in [0.25, 0.3) is 0 Å². The number of carbonyl (C=O) groups is 2. The van der Waals surface area contributed by atoms with E-state index in [1.54, 1.807) is 42.5 Å². The Balaban J connectivity index is 1.66. The number of fused-ring (bicyclic) bond motifs is 1. The molecule has 4 rings (SSSR count). The van der Waals surface area contributed by atoms with Crippen LogP contribution < -0.4 is 9.47 Å². The van der Waals surface area contributed by atoms with Crippen LogP contribution >= 0.6 is 27.5 Å². The third-order valence-electron chi connectivity index (χ3n) is 4.88. The van der Waals surface area contributed by atoms with E-state index in [2.05, 4.69) is 15.9 Å². The van der Waals surface area contributed by atoms with Gasteiger partial charge in [0.15, 0.2) is 23.1 Å². The minimum Gasteiger partial charge on any atom is -0.490 e. The molecule has 0 fully saturated rings. The molecule has 0 aliphatic heterocycles. The van der Waals surface area contributed by atoms with Crippen LogP contribution in [0.4, 0.5) is 0 Å². The lowest BCUT2D eigenvalue weighted by atomic mass is 10.1. The van der Waals surface area contributed by atoms with Gasteiger partial charge in [-0.1, -0.05) is 54.1 Å². The van der Waals surface area contributed by atoms with Crippen LogP contribution in [0.1, 0.15) is 38.8 Å². The molecule has 3 aromatic carbocycles. The van der Waals surface area contributed by atoms with E-state index in [-0.39, 0.29) is 23.7 Å². The molecule has 6 heteroatoms. The predicted molar refractivity (Wildman–Crippen MR) is 124 cm³/mol. The molecular weight excluding hydrogens is 480 g/mol. The fourth-order valence-corrected chi connectivity index (χ4v) is 4.17. The van der Waals surface area contributed by atoms with Gasteiger partial charge >= 0.3 is 0 Å². The Morgan fingerprint density at radius 1 is 0.935 bits per heavy atom. The molecule has 4 nitrogen and oxygen atoms in total. The average molecular weight is 498 g/mol. The van der Waals surface area contributed by atoms with Crippen molar-refractivity contribution in [2.45, 2.75) is 13.5 Å². The van der Waals surface area contributed by atoms with Crippen molar-refractivity contribution in [3.05, 3.63) is 98.0 Å². The smallest absolute Gasteiger partial charge is 0.197 e. The summed E-state index contributed by atoms with van der Waals surface area (Å²) in [4.78, 5) is 25.4. The normalized spacial score (nSPS) is 12.7. The second kappa shape index (κ2) is 9.08. The lowest BCUT2D eigenvalue weighted by Crippen LogP contribution is -2.03. The number of benzene rings is 3. The molecule has 31 heavy (non-hydrogen) atoms. The van der Waals surface area contributed by atoms with E-state index in [1.165, 1.54) is 0 Å². The summed E-state index contributed by atoms with van der Waals surface area (Å²) in [5, 5.41) is 0.621. The lowest BCUT2D eigenvalue weighted by molar-refractivity contribution is 0.0990. The van der Waals surface area contributed by atoms with Crippen LogP contribution in [0.5, 0.6) is 11.5 Å². The molecule has 0 heterocycles. The fourth-order valence-electron chi connectivity index (χ4n) is 3.41. The van der Waals surface area contributed by atoms with Crippen LogP contribution in [0.25, 0.3) is 6.08 Å². The maximum absolute atomic E-state index is 12.7. The maximum atomic E-state index is 12.7. The van der Waals surface area contributed by atoms with Crippen molar-refractivity contribution in [2.75, 3.05) is 6.61 Å². The maximum Gasteiger partial charge on any atom is 0.197 e. The Kier molecular flexibility index (Phi) is 6.25. The van der Waals surface area contributed by atoms with Crippen LogP contribution in [0, 0.1) is 0 Å². The highest BCUT2D eigenvalue weighted by Crippen LogP contribution is 2.39. The molecule has 1 aliphatic carbocycles. The number of carbonyl (C=O) groups excluding carboxylic acids is 2. The van der Waals surface area contributed by atoms with Crippen LogP contribution in [0.2, 0.25) is 5.02 Å². The second-order valence-corrected chi connectivity index (χ2v) is 8.17. The van der Waals surface area contributed by atoms with E-state index >= 15 is 0 Å². The molecule has 3 aromatic rings. The lowest BCUT2D eigenvalue weighted by Gasteiger charge is -2.15. The van der Waals surface area contributed by atoms with E-state index in [4.69, 9.17) is 21.1 Å². The molecule has 0 atom stereocenters. The molecule has 0 bridgehead atoms. The van der Waals surface area contributed by atoms with Crippen molar-refractivity contribution in [1.82, 2.24) is 0 Å². The third kappa shape index (κ3) is 4.29. The number of ether oxygens (including phenoxy) is 2. The molecule has 1 aliphatic rings. The second-order valence-electron chi connectivity index (χ2n) is 6.90. The van der Waals surface area contributed by atoms with Gasteiger partial charge in [0, 0.05) is 21.7 Å². The van der Waals surface area contributed by atoms with E-state index in [0.717, 1.165) is 5.56 Å². The van der Waals surface area contributed by atoms with E-state index in [0.29, 0.717) is 44.3 Å². The Bertz CT molecular complexity index is 1180. The Morgan fingerprint density at radius 3 is 2.23 bits per heavy atom. The summed E-state index contributed by atoms with van der Waals surface area (Å²) in [5.41, 5.74) is 2.51. The van der Waals surface area contributed by atoms with Gasteiger partial charge in [-0.2, -0.15) is 0 Å². The van der Waals surface area contributed by atoms with Gasteiger partial charge in [-0.05, 0) is 52.7 Å². The molecular formula is C25H18BrClO4. The van der Waals surface area contributed by atoms with E-state index < -0.39 is 0 Å². The largest absolute Gasteiger partial charge is 0.490 e. The number of hydrogen-bond acceptors (Lipinski definition) is 4. The summed E-state index contributed by atoms with van der Waals surface area (Å²) in [6, 6.07) is 17.8. The molecule has 0 radical (unpaired) electrons. The number of allylic oxidation sites excluding steroid dienone is 1. The minimum atomic E-state index is -0.270. The van der Waals surface area contributed by atoms with Gasteiger partial charge in [0.1, 0.15) is 6.61 Å². The molecule has 0 unspecified atom stereocenters. The highest BCUT2D eigenvalue weighted by Gasteiger charge is 2.32. The summed E-state index contributed by atoms with van der Waals surface area (Å²) in [5.74, 6) is 0.491. The Labute approximate surface area is 193 Å². The van der Waals surface area contributed by atoms with Crippen molar-refractivity contribution in [2.24, 2.45) is 0 Å². The molecule has 0 saturated heterocycles. The minimum absolute atomic E-state index is 0.139. The summed E-state index contributed by atoms with van der Waals surface area (Å²) in [7, 11) is 0. The zero-order valence-electron chi connectivity index (χ0n) is 16.7. The molecule has 0 aromatic heterocycles. The summed E-state index contributed by atoms with van der Waals surface area (Å²) in [6.07, 6.45) is 1.59. The van der Waals surface area contributed by atoms with Crippen LogP contribution in [0.15, 0.2) is 70.7 Å².